The number of aromatic hydroxyl groups is 4. The molecule has 2 aromatic heterocycles. The molecule has 0 aliphatic rings. The van der Waals surface area contributed by atoms with Gasteiger partial charge in [0.15, 0.2) is 11.5 Å². The van der Waals surface area contributed by atoms with Crippen LogP contribution in [0.1, 0.15) is 19.3 Å². The van der Waals surface area contributed by atoms with E-state index in [4.69, 9.17) is 32.7 Å². The molecule has 4 aromatic carbocycles. The van der Waals surface area contributed by atoms with Gasteiger partial charge in [0.1, 0.15) is 30.7 Å². The number of nitro benzene ring substituents is 2. The minimum Gasteiger partial charge on any atom is -0.504 e. The van der Waals surface area contributed by atoms with Crippen molar-refractivity contribution in [3.05, 3.63) is 101 Å². The van der Waals surface area contributed by atoms with E-state index in [9.17, 15) is 50.2 Å². The molecule has 0 fully saturated rings. The third-order valence-electron chi connectivity index (χ3n) is 7.17. The fourth-order valence-electron chi connectivity index (χ4n) is 4.68. The van der Waals surface area contributed by atoms with Gasteiger partial charge < -0.3 is 40.5 Å². The summed E-state index contributed by atoms with van der Waals surface area (Å²) >= 11 is 13.9. The number of rotatable bonds is 8. The normalized spacial score (nSPS) is 10.7. The molecule has 0 unspecified atom stereocenters. The van der Waals surface area contributed by atoms with E-state index in [0.29, 0.717) is 22.9 Å². The third-order valence-corrected chi connectivity index (χ3v) is 10.6. The molecule has 52 heavy (non-hydrogen) atoms. The van der Waals surface area contributed by atoms with E-state index < -0.39 is 56.0 Å². The number of halogens is 2. The fourth-order valence-corrected chi connectivity index (χ4v) is 7.67. The maximum absolute atomic E-state index is 12.5. The van der Waals surface area contributed by atoms with E-state index in [1.54, 1.807) is 48.5 Å². The van der Waals surface area contributed by atoms with Gasteiger partial charge in [-0.3, -0.25) is 29.8 Å². The number of carbonyl (C=O) groups excluding carboxylic acids is 2. The van der Waals surface area contributed by atoms with Crippen molar-refractivity contribution in [2.24, 2.45) is 0 Å². The van der Waals surface area contributed by atoms with Crippen LogP contribution in [0.2, 0.25) is 10.0 Å². The first kappa shape index (κ1) is 37.2. The lowest BCUT2D eigenvalue weighted by Gasteiger charge is -2.05. The van der Waals surface area contributed by atoms with Crippen LogP contribution in [0, 0.1) is 20.2 Å². The number of nitrogens with one attached hydrogen (secondary N) is 2. The number of nitro groups is 2. The summed E-state index contributed by atoms with van der Waals surface area (Å²) in [4.78, 5) is 45.8. The lowest BCUT2D eigenvalue weighted by Crippen LogP contribution is -2.10. The highest BCUT2D eigenvalue weighted by Crippen LogP contribution is 2.50. The Morgan fingerprint density at radius 2 is 0.981 bits per heavy atom. The van der Waals surface area contributed by atoms with Gasteiger partial charge in [0.25, 0.3) is 11.8 Å². The maximum Gasteiger partial charge on any atom is 0.332 e. The summed E-state index contributed by atoms with van der Waals surface area (Å²) in [5.74, 6) is -3.04. The second-order valence-electron chi connectivity index (χ2n) is 10.3. The van der Waals surface area contributed by atoms with E-state index >= 15 is 0 Å². The molecule has 0 spiro atoms. The first-order valence-electron chi connectivity index (χ1n) is 14.2. The number of nitrogens with zero attached hydrogens (tertiary/aromatic N) is 2. The number of hydrogen-bond acceptors (Lipinski definition) is 14. The number of anilines is 2. The van der Waals surface area contributed by atoms with Gasteiger partial charge in [-0.1, -0.05) is 23.2 Å². The summed E-state index contributed by atoms with van der Waals surface area (Å²) in [5, 5.41) is 66.7. The van der Waals surface area contributed by atoms with E-state index in [1.807, 2.05) is 0 Å². The van der Waals surface area contributed by atoms with Crippen LogP contribution < -0.4 is 20.1 Å². The van der Waals surface area contributed by atoms with Crippen molar-refractivity contribution in [2.45, 2.75) is 0 Å². The largest absolute Gasteiger partial charge is 0.504 e. The highest BCUT2D eigenvalue weighted by Gasteiger charge is 2.30. The highest BCUT2D eigenvalue weighted by atomic mass is 35.5. The number of phenolic OH excluding ortho intramolecular Hbond substituents is 4. The molecular formula is C32H22Cl2N4O12S2. The summed E-state index contributed by atoms with van der Waals surface area (Å²) in [5.41, 5.74) is -0.445. The Labute approximate surface area is 308 Å². The maximum atomic E-state index is 12.5. The molecular weight excluding hydrogens is 767 g/mol. The molecule has 0 aliphatic heterocycles. The summed E-state index contributed by atoms with van der Waals surface area (Å²) < 4.78 is 10.1. The van der Waals surface area contributed by atoms with Crippen LogP contribution in [0.4, 0.5) is 22.7 Å². The molecule has 0 aliphatic carbocycles. The van der Waals surface area contributed by atoms with Gasteiger partial charge in [0.2, 0.25) is 11.5 Å². The van der Waals surface area contributed by atoms with E-state index in [-0.39, 0.29) is 40.0 Å². The number of benzene rings is 4. The van der Waals surface area contributed by atoms with E-state index in [0.717, 1.165) is 34.8 Å². The second kappa shape index (κ2) is 15.0. The van der Waals surface area contributed by atoms with Gasteiger partial charge in [-0.2, -0.15) is 0 Å². The first-order valence-corrected chi connectivity index (χ1v) is 16.6. The molecule has 6 aromatic rings. The predicted molar refractivity (Wildman–Crippen MR) is 196 cm³/mol. The average molecular weight is 790 g/mol. The van der Waals surface area contributed by atoms with Gasteiger partial charge in [-0.05, 0) is 60.7 Å². The van der Waals surface area contributed by atoms with Crippen LogP contribution in [0.25, 0.3) is 20.2 Å². The molecule has 0 bridgehead atoms. The quantitative estimate of drug-likeness (QED) is 0.0485. The number of thiophene rings is 2. The van der Waals surface area contributed by atoms with Crippen molar-refractivity contribution in [3.8, 4) is 34.5 Å². The number of hydrogen-bond donors (Lipinski definition) is 6. The Morgan fingerprint density at radius 1 is 0.654 bits per heavy atom. The summed E-state index contributed by atoms with van der Waals surface area (Å²) in [6, 6.07) is 15.3. The minimum atomic E-state index is -0.873. The van der Waals surface area contributed by atoms with Crippen molar-refractivity contribution in [2.75, 3.05) is 24.9 Å². The summed E-state index contributed by atoms with van der Waals surface area (Å²) in [6.07, 6.45) is 0. The Balaban J connectivity index is 0.000000201. The van der Waals surface area contributed by atoms with Gasteiger partial charge in [-0.25, -0.2) is 0 Å². The molecule has 6 rings (SSSR count). The molecule has 20 heteroatoms. The summed E-state index contributed by atoms with van der Waals surface area (Å²) in [6.45, 7) is 0. The number of phenols is 4. The molecule has 2 heterocycles. The molecule has 0 radical (unpaired) electrons. The van der Waals surface area contributed by atoms with Crippen LogP contribution >= 0.6 is 45.9 Å². The van der Waals surface area contributed by atoms with Crippen LogP contribution in [0.5, 0.6) is 34.5 Å². The molecule has 6 N–H and O–H groups in total. The lowest BCUT2D eigenvalue weighted by molar-refractivity contribution is -0.384. The standard InChI is InChI=1S/2C16H11ClN2O6S/c2*1-25-8-4-2-7(3-5-8)18-16(22)15-11(17)9-6-10(20)13(21)12(19(23)24)14(9)26-15/h2*2-6,20-21H,1H3,(H,18,22). The average Bonchev–Trinajstić information content (AvgIpc) is 3.61. The Bertz CT molecular complexity index is 2230. The van der Waals surface area contributed by atoms with Crippen LogP contribution in [0.15, 0.2) is 60.7 Å². The smallest absolute Gasteiger partial charge is 0.332 e. The molecule has 0 atom stereocenters. The van der Waals surface area contributed by atoms with Gasteiger partial charge in [0.05, 0.1) is 34.1 Å². The van der Waals surface area contributed by atoms with E-state index in [1.165, 1.54) is 14.2 Å². The fraction of sp³-hybridized carbons (Fsp3) is 0.0625. The zero-order valence-corrected chi connectivity index (χ0v) is 29.4. The Kier molecular flexibility index (Phi) is 10.7. The number of amides is 2. The van der Waals surface area contributed by atoms with Crippen LogP contribution in [0.3, 0.4) is 0 Å². The SMILES string of the molecule is COc1ccc(NC(=O)c2sc3c([N+](=O)[O-])c(O)c(O)cc3c2Cl)cc1.COc1ccc(NC(=O)c2sc3c([N+](=O)[O-])c(O)c(O)cc3c2Cl)cc1. The topological polar surface area (TPSA) is 244 Å². The molecule has 268 valence electrons. The monoisotopic (exact) mass is 788 g/mol. The highest BCUT2D eigenvalue weighted by molar-refractivity contribution is 7.22. The Morgan fingerprint density at radius 3 is 1.27 bits per heavy atom. The van der Waals surface area contributed by atoms with Crippen molar-refractivity contribution in [3.63, 3.8) is 0 Å². The van der Waals surface area contributed by atoms with Crippen molar-refractivity contribution < 1.29 is 49.3 Å². The second-order valence-corrected chi connectivity index (χ2v) is 13.1. The van der Waals surface area contributed by atoms with Crippen molar-refractivity contribution in [1.82, 2.24) is 0 Å². The van der Waals surface area contributed by atoms with Gasteiger partial charge in [0, 0.05) is 22.1 Å². The number of ether oxygens (including phenoxy) is 2. The van der Waals surface area contributed by atoms with Crippen LogP contribution in [-0.2, 0) is 0 Å². The van der Waals surface area contributed by atoms with Crippen molar-refractivity contribution >= 4 is 101 Å². The molecule has 0 saturated heterocycles. The zero-order chi connectivity index (χ0) is 38.0. The summed E-state index contributed by atoms with van der Waals surface area (Å²) in [7, 11) is 3.03. The van der Waals surface area contributed by atoms with Gasteiger partial charge >= 0.3 is 11.4 Å². The number of methoxy groups -OCH3 is 2. The van der Waals surface area contributed by atoms with Crippen LogP contribution in [-0.4, -0.2) is 56.3 Å². The predicted octanol–water partition coefficient (Wildman–Crippen LogP) is 8.27. The lowest BCUT2D eigenvalue weighted by atomic mass is 10.2. The number of carbonyl (C=O) groups is 2. The first-order chi connectivity index (χ1) is 24.7. The number of fused-ring (bicyclic) bond motifs is 2. The zero-order valence-electron chi connectivity index (χ0n) is 26.3. The molecule has 2 amide bonds. The Hall–Kier alpha value is -6.08. The van der Waals surface area contributed by atoms with Crippen molar-refractivity contribution in [1.29, 1.82) is 0 Å². The third kappa shape index (κ3) is 7.21. The van der Waals surface area contributed by atoms with Gasteiger partial charge in [-0.15, -0.1) is 22.7 Å². The van der Waals surface area contributed by atoms with E-state index in [2.05, 4.69) is 10.6 Å². The molecule has 16 nitrogen and oxygen atoms in total. The molecule has 0 saturated carbocycles. The minimum absolute atomic E-state index is 0.00446.